The Morgan fingerprint density at radius 1 is 1.37 bits per heavy atom. The predicted octanol–water partition coefficient (Wildman–Crippen LogP) is 1.51. The molecule has 2 heterocycles. The van der Waals surface area contributed by atoms with Gasteiger partial charge in [0.15, 0.2) is 0 Å². The van der Waals surface area contributed by atoms with Crippen LogP contribution in [0.1, 0.15) is 50.4 Å². The largest absolute Gasteiger partial charge is 0.354 e. The third-order valence-electron chi connectivity index (χ3n) is 5.78. The molecule has 0 aromatic carbocycles. The number of carbonyl (C=O) groups is 3. The van der Waals surface area contributed by atoms with Crippen molar-refractivity contribution in [2.45, 2.75) is 65.0 Å². The minimum absolute atomic E-state index is 0.0940. The molecule has 1 aliphatic heterocycles. The number of amides is 4. The first kappa shape index (κ1) is 19.4. The highest BCUT2D eigenvalue weighted by molar-refractivity contribution is 6.09. The first-order chi connectivity index (χ1) is 12.8. The molecule has 1 aromatic heterocycles. The number of nitrogens with one attached hydrogen (secondary N) is 2. The summed E-state index contributed by atoms with van der Waals surface area (Å²) in [4.78, 5) is 38.4. The summed E-state index contributed by atoms with van der Waals surface area (Å²) in [5.74, 6) is -0.471. The van der Waals surface area contributed by atoms with Gasteiger partial charge >= 0.3 is 6.03 Å². The zero-order chi connectivity index (χ0) is 19.6. The Morgan fingerprint density at radius 2 is 2.15 bits per heavy atom. The Balaban J connectivity index is 1.48. The highest BCUT2D eigenvalue weighted by Crippen LogP contribution is 2.38. The number of hydrogen-bond acceptors (Lipinski definition) is 4. The van der Waals surface area contributed by atoms with Gasteiger partial charge in [-0.1, -0.05) is 19.8 Å². The van der Waals surface area contributed by atoms with E-state index < -0.39 is 11.6 Å². The second kappa shape index (κ2) is 7.70. The Kier molecular flexibility index (Phi) is 5.53. The smallest absolute Gasteiger partial charge is 0.325 e. The van der Waals surface area contributed by atoms with Crippen LogP contribution in [0, 0.1) is 19.8 Å². The molecule has 27 heavy (non-hydrogen) atoms. The maximum atomic E-state index is 12.8. The summed E-state index contributed by atoms with van der Waals surface area (Å²) in [6, 6.07) is 1.56. The Hall–Kier alpha value is -2.38. The zero-order valence-electron chi connectivity index (χ0n) is 16.4. The molecule has 0 radical (unpaired) electrons. The molecule has 1 saturated heterocycles. The van der Waals surface area contributed by atoms with Gasteiger partial charge in [-0.05, 0) is 45.1 Å². The van der Waals surface area contributed by atoms with Crippen LogP contribution >= 0.6 is 0 Å². The highest BCUT2D eigenvalue weighted by Gasteiger charge is 2.55. The second-order valence-corrected chi connectivity index (χ2v) is 7.79. The van der Waals surface area contributed by atoms with Crippen LogP contribution in [-0.4, -0.2) is 51.2 Å². The zero-order valence-corrected chi connectivity index (χ0v) is 16.4. The lowest BCUT2D eigenvalue weighted by atomic mass is 9.73. The molecular weight excluding hydrogens is 346 g/mol. The van der Waals surface area contributed by atoms with Crippen LogP contribution in [0.2, 0.25) is 0 Å². The van der Waals surface area contributed by atoms with E-state index >= 15 is 0 Å². The SMILES string of the molecule is Cc1cc(C)n(CCCNC(=O)CN2C(=O)N[C@]3(CCCC[C@@H]3C)C2=O)n1. The van der Waals surface area contributed by atoms with Gasteiger partial charge < -0.3 is 10.6 Å². The number of urea groups is 1. The number of hydrogen-bond donors (Lipinski definition) is 2. The average molecular weight is 375 g/mol. The fourth-order valence-corrected chi connectivity index (χ4v) is 4.20. The normalized spacial score (nSPS) is 25.1. The van der Waals surface area contributed by atoms with E-state index in [1.807, 2.05) is 31.5 Å². The molecule has 2 aliphatic rings. The molecule has 2 fully saturated rings. The minimum Gasteiger partial charge on any atom is -0.354 e. The molecule has 2 atom stereocenters. The second-order valence-electron chi connectivity index (χ2n) is 7.79. The summed E-state index contributed by atoms with van der Waals surface area (Å²) in [5, 5.41) is 10.0. The topological polar surface area (TPSA) is 96.3 Å². The van der Waals surface area contributed by atoms with Crippen molar-refractivity contribution in [3.63, 3.8) is 0 Å². The van der Waals surface area contributed by atoms with Gasteiger partial charge in [0, 0.05) is 18.8 Å². The number of carbonyl (C=O) groups excluding carboxylic acids is 3. The van der Waals surface area contributed by atoms with Crippen molar-refractivity contribution in [2.24, 2.45) is 5.92 Å². The summed E-state index contributed by atoms with van der Waals surface area (Å²) in [7, 11) is 0. The molecular formula is C19H29N5O3. The van der Waals surface area contributed by atoms with E-state index in [1.54, 1.807) is 0 Å². The van der Waals surface area contributed by atoms with Gasteiger partial charge in [0.05, 0.1) is 5.69 Å². The van der Waals surface area contributed by atoms with E-state index in [-0.39, 0.29) is 24.3 Å². The van der Waals surface area contributed by atoms with Gasteiger partial charge in [0.2, 0.25) is 5.91 Å². The number of aromatic nitrogens is 2. The van der Waals surface area contributed by atoms with Crippen molar-refractivity contribution in [3.8, 4) is 0 Å². The molecule has 1 aromatic rings. The van der Waals surface area contributed by atoms with Crippen molar-refractivity contribution >= 4 is 17.8 Å². The van der Waals surface area contributed by atoms with E-state index in [2.05, 4.69) is 15.7 Å². The van der Waals surface area contributed by atoms with E-state index in [9.17, 15) is 14.4 Å². The Bertz CT molecular complexity index is 744. The molecule has 1 aliphatic carbocycles. The van der Waals surface area contributed by atoms with E-state index in [1.165, 1.54) is 0 Å². The molecule has 1 saturated carbocycles. The van der Waals surface area contributed by atoms with Gasteiger partial charge in [0.1, 0.15) is 12.1 Å². The number of rotatable bonds is 6. The van der Waals surface area contributed by atoms with Gasteiger partial charge in [0.25, 0.3) is 5.91 Å². The first-order valence-corrected chi connectivity index (χ1v) is 9.75. The summed E-state index contributed by atoms with van der Waals surface area (Å²) in [5.41, 5.74) is 1.25. The molecule has 2 N–H and O–H groups in total. The lowest BCUT2D eigenvalue weighted by Gasteiger charge is -2.36. The molecule has 3 rings (SSSR count). The molecule has 148 valence electrons. The van der Waals surface area contributed by atoms with E-state index in [0.29, 0.717) is 19.5 Å². The quantitative estimate of drug-likeness (QED) is 0.582. The first-order valence-electron chi connectivity index (χ1n) is 9.75. The van der Waals surface area contributed by atoms with Crippen molar-refractivity contribution < 1.29 is 14.4 Å². The maximum Gasteiger partial charge on any atom is 0.325 e. The van der Waals surface area contributed by atoms with Crippen LogP contribution in [0.15, 0.2) is 6.07 Å². The monoisotopic (exact) mass is 375 g/mol. The lowest BCUT2D eigenvalue weighted by molar-refractivity contribution is -0.137. The number of imide groups is 1. The summed E-state index contributed by atoms with van der Waals surface area (Å²) in [6.45, 7) is 6.91. The molecule has 8 heteroatoms. The average Bonchev–Trinajstić information content (AvgIpc) is 3.06. The van der Waals surface area contributed by atoms with Gasteiger partial charge in [-0.15, -0.1) is 0 Å². The fraction of sp³-hybridized carbons (Fsp3) is 0.684. The van der Waals surface area contributed by atoms with E-state index in [4.69, 9.17) is 0 Å². The Morgan fingerprint density at radius 3 is 2.81 bits per heavy atom. The predicted molar refractivity (Wildman–Crippen MR) is 99.9 cm³/mol. The van der Waals surface area contributed by atoms with Gasteiger partial charge in [-0.2, -0.15) is 5.10 Å². The third-order valence-corrected chi connectivity index (χ3v) is 5.78. The van der Waals surface area contributed by atoms with Crippen molar-refractivity contribution in [2.75, 3.05) is 13.1 Å². The van der Waals surface area contributed by atoms with Crippen LogP contribution in [0.25, 0.3) is 0 Å². The van der Waals surface area contributed by atoms with Crippen LogP contribution < -0.4 is 10.6 Å². The fourth-order valence-electron chi connectivity index (χ4n) is 4.20. The van der Waals surface area contributed by atoms with Crippen molar-refractivity contribution in [1.29, 1.82) is 0 Å². The third kappa shape index (κ3) is 3.84. The van der Waals surface area contributed by atoms with Crippen LogP contribution in [0.5, 0.6) is 0 Å². The summed E-state index contributed by atoms with van der Waals surface area (Å²) < 4.78 is 1.91. The number of aryl methyl sites for hydroxylation is 3. The summed E-state index contributed by atoms with van der Waals surface area (Å²) >= 11 is 0. The van der Waals surface area contributed by atoms with Crippen LogP contribution in [0.4, 0.5) is 4.79 Å². The maximum absolute atomic E-state index is 12.8. The molecule has 8 nitrogen and oxygen atoms in total. The highest BCUT2D eigenvalue weighted by atomic mass is 16.2. The van der Waals surface area contributed by atoms with Crippen LogP contribution in [-0.2, 0) is 16.1 Å². The summed E-state index contributed by atoms with van der Waals surface area (Å²) in [6.07, 6.45) is 4.29. The lowest BCUT2D eigenvalue weighted by Crippen LogP contribution is -2.54. The van der Waals surface area contributed by atoms with Gasteiger partial charge in [-0.3, -0.25) is 19.2 Å². The minimum atomic E-state index is -0.814. The van der Waals surface area contributed by atoms with E-state index in [0.717, 1.165) is 42.0 Å². The molecule has 4 amide bonds. The van der Waals surface area contributed by atoms with Crippen molar-refractivity contribution in [3.05, 3.63) is 17.5 Å². The molecule has 0 unspecified atom stereocenters. The Labute approximate surface area is 159 Å². The van der Waals surface area contributed by atoms with Gasteiger partial charge in [-0.25, -0.2) is 4.79 Å². The number of nitrogens with zero attached hydrogens (tertiary/aromatic N) is 3. The standard InChI is InChI=1S/C19H29N5O3/c1-13-7-4-5-8-19(13)17(26)23(18(27)21-19)12-16(25)20-9-6-10-24-15(3)11-14(2)22-24/h11,13H,4-10,12H2,1-3H3,(H,20,25)(H,21,27)/t13-,19-/m0/s1. The molecule has 0 bridgehead atoms. The van der Waals surface area contributed by atoms with Crippen molar-refractivity contribution in [1.82, 2.24) is 25.3 Å². The molecule has 1 spiro atoms. The van der Waals surface area contributed by atoms with Crippen LogP contribution in [0.3, 0.4) is 0 Å².